The summed E-state index contributed by atoms with van der Waals surface area (Å²) in [6.45, 7) is 2.77. The fraction of sp³-hybridized carbons (Fsp3) is 0.250. The number of ether oxygens (including phenoxy) is 1. The van der Waals surface area contributed by atoms with Gasteiger partial charge in [0.2, 0.25) is 0 Å². The lowest BCUT2D eigenvalue weighted by Gasteiger charge is -2.13. The van der Waals surface area contributed by atoms with E-state index >= 15 is 0 Å². The fourth-order valence-corrected chi connectivity index (χ4v) is 3.17. The molecule has 0 bridgehead atoms. The summed E-state index contributed by atoms with van der Waals surface area (Å²) >= 11 is 0. The Morgan fingerprint density at radius 3 is 2.18 bits per heavy atom. The molecule has 3 aromatic rings. The normalized spacial score (nSPS) is 10.9. The molecule has 28 heavy (non-hydrogen) atoms. The monoisotopic (exact) mass is 384 g/mol. The van der Waals surface area contributed by atoms with Crippen molar-refractivity contribution in [3.63, 3.8) is 0 Å². The van der Waals surface area contributed by atoms with Crippen molar-refractivity contribution >= 4 is 0 Å². The van der Waals surface area contributed by atoms with E-state index in [9.17, 15) is 13.2 Å². The Morgan fingerprint density at radius 2 is 1.46 bits per heavy atom. The first kappa shape index (κ1) is 20.0. The summed E-state index contributed by atoms with van der Waals surface area (Å²) < 4.78 is 48.5. The lowest BCUT2D eigenvalue weighted by Crippen LogP contribution is -1.98. The summed E-state index contributed by atoms with van der Waals surface area (Å²) in [5.74, 6) is -1.77. The molecule has 0 fully saturated rings. The van der Waals surface area contributed by atoms with Crippen LogP contribution in [0.4, 0.5) is 13.2 Å². The quantitative estimate of drug-likeness (QED) is 0.368. The van der Waals surface area contributed by atoms with Crippen LogP contribution in [0.1, 0.15) is 32.6 Å². The molecular weight excluding hydrogens is 361 g/mol. The first-order valence-corrected chi connectivity index (χ1v) is 9.58. The summed E-state index contributed by atoms with van der Waals surface area (Å²) in [5, 5.41) is 0. The number of rotatable bonds is 8. The maximum Gasteiger partial charge on any atom is 0.167 e. The van der Waals surface area contributed by atoms with Gasteiger partial charge in [-0.3, -0.25) is 0 Å². The van der Waals surface area contributed by atoms with Crippen molar-refractivity contribution in [2.24, 2.45) is 0 Å². The third kappa shape index (κ3) is 4.56. The van der Waals surface area contributed by atoms with Gasteiger partial charge in [-0.25, -0.2) is 13.2 Å². The number of unbranched alkanes of at least 4 members (excludes halogenated alkanes) is 3. The molecule has 0 unspecified atom stereocenters. The van der Waals surface area contributed by atoms with Crippen molar-refractivity contribution < 1.29 is 17.9 Å². The van der Waals surface area contributed by atoms with Gasteiger partial charge in [0, 0.05) is 11.1 Å². The fourth-order valence-electron chi connectivity index (χ4n) is 3.17. The van der Waals surface area contributed by atoms with E-state index in [1.165, 1.54) is 18.6 Å². The van der Waals surface area contributed by atoms with Gasteiger partial charge < -0.3 is 4.74 Å². The summed E-state index contributed by atoms with van der Waals surface area (Å²) in [6, 6.07) is 15.3. The van der Waals surface area contributed by atoms with Crippen LogP contribution in [0, 0.1) is 17.5 Å². The average molecular weight is 384 g/mol. The zero-order valence-corrected chi connectivity index (χ0v) is 15.9. The van der Waals surface area contributed by atoms with Crippen LogP contribution in [0.15, 0.2) is 60.7 Å². The Bertz CT molecular complexity index is 920. The Hall–Kier alpha value is -2.75. The topological polar surface area (TPSA) is 9.23 Å². The Balaban J connectivity index is 1.89. The molecular formula is C24H23F3O. The van der Waals surface area contributed by atoms with E-state index in [1.807, 2.05) is 0 Å². The molecule has 0 N–H and O–H groups in total. The Kier molecular flexibility index (Phi) is 6.75. The smallest absolute Gasteiger partial charge is 0.167 e. The standard InChI is InChI=1S/C24H23F3O/c1-2-3-4-7-16-28-18-12-10-17(11-13-18)23-20(14-15-22(26)24(23)27)19-8-5-6-9-21(19)25/h5-6,8-15H,2-4,7,16H2,1H3. The van der Waals surface area contributed by atoms with Crippen molar-refractivity contribution in [1.29, 1.82) is 0 Å². The zero-order valence-electron chi connectivity index (χ0n) is 15.9. The second-order valence-electron chi connectivity index (χ2n) is 6.70. The van der Waals surface area contributed by atoms with E-state index in [-0.39, 0.29) is 11.1 Å². The van der Waals surface area contributed by atoms with Crippen molar-refractivity contribution in [3.8, 4) is 28.0 Å². The second kappa shape index (κ2) is 9.45. The highest BCUT2D eigenvalue weighted by atomic mass is 19.2. The molecule has 3 rings (SSSR count). The van der Waals surface area contributed by atoms with Crippen LogP contribution in [0.2, 0.25) is 0 Å². The van der Waals surface area contributed by atoms with Gasteiger partial charge in [0.25, 0.3) is 0 Å². The van der Waals surface area contributed by atoms with E-state index in [0.717, 1.165) is 25.3 Å². The molecule has 0 heterocycles. The van der Waals surface area contributed by atoms with Crippen LogP contribution < -0.4 is 4.74 Å². The van der Waals surface area contributed by atoms with Gasteiger partial charge in [0.05, 0.1) is 6.61 Å². The van der Waals surface area contributed by atoms with Gasteiger partial charge in [-0.05, 0) is 41.8 Å². The molecule has 1 nitrogen and oxygen atoms in total. The molecule has 0 aliphatic rings. The minimum atomic E-state index is -0.992. The van der Waals surface area contributed by atoms with Crippen LogP contribution in [-0.4, -0.2) is 6.61 Å². The SMILES string of the molecule is CCCCCCOc1ccc(-c2c(-c3ccccc3F)ccc(F)c2F)cc1. The van der Waals surface area contributed by atoms with Crippen molar-refractivity contribution in [3.05, 3.63) is 78.1 Å². The number of hydrogen-bond donors (Lipinski definition) is 0. The average Bonchev–Trinajstić information content (AvgIpc) is 2.71. The molecule has 3 aromatic carbocycles. The lowest BCUT2D eigenvalue weighted by molar-refractivity contribution is 0.305. The summed E-state index contributed by atoms with van der Waals surface area (Å²) in [6.07, 6.45) is 4.44. The van der Waals surface area contributed by atoms with Crippen molar-refractivity contribution in [2.45, 2.75) is 32.6 Å². The molecule has 0 aromatic heterocycles. The van der Waals surface area contributed by atoms with Gasteiger partial charge in [0.1, 0.15) is 11.6 Å². The third-order valence-electron chi connectivity index (χ3n) is 4.67. The second-order valence-corrected chi connectivity index (χ2v) is 6.70. The van der Waals surface area contributed by atoms with Gasteiger partial charge >= 0.3 is 0 Å². The van der Waals surface area contributed by atoms with E-state index in [2.05, 4.69) is 6.92 Å². The van der Waals surface area contributed by atoms with E-state index in [1.54, 1.807) is 42.5 Å². The molecule has 0 aliphatic carbocycles. The predicted molar refractivity (Wildman–Crippen MR) is 107 cm³/mol. The van der Waals surface area contributed by atoms with Gasteiger partial charge in [-0.15, -0.1) is 0 Å². The number of halogens is 3. The first-order valence-electron chi connectivity index (χ1n) is 9.58. The lowest BCUT2D eigenvalue weighted by atomic mass is 9.93. The van der Waals surface area contributed by atoms with Gasteiger partial charge in [-0.2, -0.15) is 0 Å². The largest absolute Gasteiger partial charge is 0.494 e. The molecule has 0 spiro atoms. The van der Waals surface area contributed by atoms with E-state index in [4.69, 9.17) is 4.74 Å². The summed E-state index contributed by atoms with van der Waals surface area (Å²) in [5.41, 5.74) is 1.05. The molecule has 0 atom stereocenters. The van der Waals surface area contributed by atoms with Crippen LogP contribution in [0.5, 0.6) is 5.75 Å². The highest BCUT2D eigenvalue weighted by Crippen LogP contribution is 2.37. The Labute approximate surface area is 163 Å². The summed E-state index contributed by atoms with van der Waals surface area (Å²) in [4.78, 5) is 0. The molecule has 0 radical (unpaired) electrons. The maximum atomic E-state index is 14.7. The highest BCUT2D eigenvalue weighted by Gasteiger charge is 2.18. The van der Waals surface area contributed by atoms with Crippen molar-refractivity contribution in [2.75, 3.05) is 6.61 Å². The van der Waals surface area contributed by atoms with Crippen LogP contribution in [0.3, 0.4) is 0 Å². The highest BCUT2D eigenvalue weighted by molar-refractivity contribution is 5.84. The molecule has 0 aliphatic heterocycles. The van der Waals surface area contributed by atoms with Crippen LogP contribution >= 0.6 is 0 Å². The predicted octanol–water partition coefficient (Wildman–Crippen LogP) is 7.40. The third-order valence-corrected chi connectivity index (χ3v) is 4.67. The molecule has 0 saturated heterocycles. The molecule has 0 amide bonds. The van der Waals surface area contributed by atoms with Gasteiger partial charge in [-0.1, -0.05) is 62.6 Å². The maximum absolute atomic E-state index is 14.7. The van der Waals surface area contributed by atoms with Gasteiger partial charge in [0.15, 0.2) is 11.6 Å². The molecule has 0 saturated carbocycles. The van der Waals surface area contributed by atoms with Crippen LogP contribution in [0.25, 0.3) is 22.3 Å². The van der Waals surface area contributed by atoms with E-state index in [0.29, 0.717) is 23.5 Å². The minimum Gasteiger partial charge on any atom is -0.494 e. The number of benzene rings is 3. The van der Waals surface area contributed by atoms with Crippen molar-refractivity contribution in [1.82, 2.24) is 0 Å². The molecule has 146 valence electrons. The van der Waals surface area contributed by atoms with E-state index < -0.39 is 17.5 Å². The summed E-state index contributed by atoms with van der Waals surface area (Å²) in [7, 11) is 0. The zero-order chi connectivity index (χ0) is 19.9. The molecule has 4 heteroatoms. The minimum absolute atomic E-state index is 0.0413. The first-order chi connectivity index (χ1) is 13.6. The Morgan fingerprint density at radius 1 is 0.714 bits per heavy atom. The van der Waals surface area contributed by atoms with Crippen LogP contribution in [-0.2, 0) is 0 Å². The number of hydrogen-bond acceptors (Lipinski definition) is 1.